The molecule has 0 aliphatic carbocycles. The predicted molar refractivity (Wildman–Crippen MR) is 45.7 cm³/mol. The van der Waals surface area contributed by atoms with E-state index in [4.69, 9.17) is 15.2 Å². The largest absolute Gasteiger partial charge is 0.397 e. The van der Waals surface area contributed by atoms with Crippen molar-refractivity contribution in [3.05, 3.63) is 18.0 Å². The zero-order valence-electron chi connectivity index (χ0n) is 7.36. The Morgan fingerprint density at radius 3 is 2.54 bits per heavy atom. The molecule has 1 aromatic rings. The lowest BCUT2D eigenvalue weighted by molar-refractivity contribution is -0.149. The maximum Gasteiger partial charge on any atom is 0.195 e. The number of hydrogen-bond donors (Lipinski definition) is 1. The third-order valence-corrected chi connectivity index (χ3v) is 2.09. The van der Waals surface area contributed by atoms with Crippen LogP contribution in [0, 0.1) is 0 Å². The van der Waals surface area contributed by atoms with Gasteiger partial charge in [-0.1, -0.05) is 0 Å². The summed E-state index contributed by atoms with van der Waals surface area (Å²) in [6, 6.07) is 0. The van der Waals surface area contributed by atoms with Crippen LogP contribution in [0.4, 0.5) is 5.69 Å². The van der Waals surface area contributed by atoms with Crippen LogP contribution in [0.15, 0.2) is 12.4 Å². The summed E-state index contributed by atoms with van der Waals surface area (Å²) in [7, 11) is 0. The molecule has 1 saturated heterocycles. The Labute approximate surface area is 75.9 Å². The topological polar surface area (TPSA) is 70.3 Å². The number of aromatic nitrogens is 2. The molecular formula is C8H11N3O2. The van der Waals surface area contributed by atoms with Gasteiger partial charge in [0.1, 0.15) is 0 Å². The lowest BCUT2D eigenvalue weighted by Crippen LogP contribution is -2.24. The summed E-state index contributed by atoms with van der Waals surface area (Å²) < 4.78 is 10.9. The minimum atomic E-state index is -0.750. The van der Waals surface area contributed by atoms with Gasteiger partial charge >= 0.3 is 0 Å². The molecular weight excluding hydrogens is 170 g/mol. The number of hydrogen-bond acceptors (Lipinski definition) is 5. The van der Waals surface area contributed by atoms with Crippen molar-refractivity contribution in [3.63, 3.8) is 0 Å². The van der Waals surface area contributed by atoms with Gasteiger partial charge in [0.05, 0.1) is 36.9 Å². The predicted octanol–water partition coefficient (Wildman–Crippen LogP) is 0.278. The monoisotopic (exact) mass is 181 g/mol. The van der Waals surface area contributed by atoms with E-state index in [9.17, 15) is 0 Å². The molecule has 2 rings (SSSR count). The summed E-state index contributed by atoms with van der Waals surface area (Å²) in [5.74, 6) is -0.750. The fourth-order valence-electron chi connectivity index (χ4n) is 1.38. The molecule has 0 aromatic carbocycles. The van der Waals surface area contributed by atoms with Crippen LogP contribution in [0.3, 0.4) is 0 Å². The minimum Gasteiger partial charge on any atom is -0.397 e. The molecule has 0 saturated carbocycles. The first-order chi connectivity index (χ1) is 6.22. The van der Waals surface area contributed by atoms with E-state index >= 15 is 0 Å². The van der Waals surface area contributed by atoms with Crippen LogP contribution >= 0.6 is 0 Å². The second-order valence-electron chi connectivity index (χ2n) is 3.00. The van der Waals surface area contributed by atoms with Gasteiger partial charge in [-0.05, 0) is 6.92 Å². The first-order valence-corrected chi connectivity index (χ1v) is 4.07. The van der Waals surface area contributed by atoms with Crippen molar-refractivity contribution < 1.29 is 9.47 Å². The Morgan fingerprint density at radius 1 is 1.31 bits per heavy atom. The van der Waals surface area contributed by atoms with Crippen LogP contribution in [0.5, 0.6) is 0 Å². The fourth-order valence-corrected chi connectivity index (χ4v) is 1.38. The second kappa shape index (κ2) is 2.93. The van der Waals surface area contributed by atoms with Gasteiger partial charge in [0.25, 0.3) is 0 Å². The lowest BCUT2D eigenvalue weighted by Gasteiger charge is -2.22. The van der Waals surface area contributed by atoms with E-state index in [-0.39, 0.29) is 0 Å². The van der Waals surface area contributed by atoms with Crippen molar-refractivity contribution in [2.45, 2.75) is 12.7 Å². The Kier molecular flexibility index (Phi) is 1.90. The SMILES string of the molecule is CC1(c2cnncc2N)OCCO1. The van der Waals surface area contributed by atoms with E-state index < -0.39 is 5.79 Å². The first-order valence-electron chi connectivity index (χ1n) is 4.07. The summed E-state index contributed by atoms with van der Waals surface area (Å²) in [5.41, 5.74) is 7.00. The van der Waals surface area contributed by atoms with Crippen LogP contribution in [0.1, 0.15) is 12.5 Å². The van der Waals surface area contributed by atoms with E-state index in [0.717, 1.165) is 5.56 Å². The van der Waals surface area contributed by atoms with E-state index in [1.165, 1.54) is 6.20 Å². The zero-order chi connectivity index (χ0) is 9.31. The van der Waals surface area contributed by atoms with E-state index in [0.29, 0.717) is 18.9 Å². The Hall–Kier alpha value is -1.20. The van der Waals surface area contributed by atoms with Gasteiger partial charge in [-0.2, -0.15) is 10.2 Å². The molecule has 1 aliphatic rings. The molecule has 2 N–H and O–H groups in total. The summed E-state index contributed by atoms with van der Waals surface area (Å²) in [4.78, 5) is 0. The van der Waals surface area contributed by atoms with Gasteiger partial charge in [0.15, 0.2) is 5.79 Å². The van der Waals surface area contributed by atoms with Crippen LogP contribution in [-0.2, 0) is 15.3 Å². The van der Waals surface area contributed by atoms with E-state index in [2.05, 4.69) is 10.2 Å². The molecule has 0 bridgehead atoms. The maximum atomic E-state index is 5.72. The van der Waals surface area contributed by atoms with Crippen molar-refractivity contribution >= 4 is 5.69 Å². The van der Waals surface area contributed by atoms with Gasteiger partial charge in [-0.15, -0.1) is 0 Å². The number of nitrogen functional groups attached to an aromatic ring is 1. The molecule has 0 amide bonds. The highest BCUT2D eigenvalue weighted by Crippen LogP contribution is 2.33. The highest BCUT2D eigenvalue weighted by atomic mass is 16.7. The van der Waals surface area contributed by atoms with Crippen molar-refractivity contribution in [3.8, 4) is 0 Å². The lowest BCUT2D eigenvalue weighted by atomic mass is 10.1. The number of nitrogens with two attached hydrogens (primary N) is 1. The number of ether oxygens (including phenoxy) is 2. The Balaban J connectivity index is 2.39. The summed E-state index contributed by atoms with van der Waals surface area (Å²) in [6.45, 7) is 2.99. The average molecular weight is 181 g/mol. The summed E-state index contributed by atoms with van der Waals surface area (Å²) in [6.07, 6.45) is 3.06. The van der Waals surface area contributed by atoms with Gasteiger partial charge in [0, 0.05) is 0 Å². The van der Waals surface area contributed by atoms with Gasteiger partial charge < -0.3 is 15.2 Å². The van der Waals surface area contributed by atoms with Crippen molar-refractivity contribution in [1.29, 1.82) is 0 Å². The maximum absolute atomic E-state index is 5.72. The molecule has 0 atom stereocenters. The van der Waals surface area contributed by atoms with Crippen LogP contribution in [0.2, 0.25) is 0 Å². The molecule has 5 nitrogen and oxygen atoms in total. The normalized spacial score (nSPS) is 20.4. The highest BCUT2D eigenvalue weighted by Gasteiger charge is 2.35. The summed E-state index contributed by atoms with van der Waals surface area (Å²) in [5, 5.41) is 7.41. The third kappa shape index (κ3) is 1.36. The van der Waals surface area contributed by atoms with Crippen LogP contribution < -0.4 is 5.73 Å². The molecule has 1 aliphatic heterocycles. The minimum absolute atomic E-state index is 0.541. The van der Waals surface area contributed by atoms with Crippen LogP contribution in [-0.4, -0.2) is 23.4 Å². The average Bonchev–Trinajstić information content (AvgIpc) is 2.54. The highest BCUT2D eigenvalue weighted by molar-refractivity contribution is 5.45. The van der Waals surface area contributed by atoms with Crippen molar-refractivity contribution in [2.24, 2.45) is 0 Å². The first kappa shape index (κ1) is 8.40. The zero-order valence-corrected chi connectivity index (χ0v) is 7.36. The molecule has 0 radical (unpaired) electrons. The Morgan fingerprint density at radius 2 is 1.92 bits per heavy atom. The fraction of sp³-hybridized carbons (Fsp3) is 0.500. The quantitative estimate of drug-likeness (QED) is 0.673. The molecule has 0 unspecified atom stereocenters. The molecule has 5 heteroatoms. The second-order valence-corrected chi connectivity index (χ2v) is 3.00. The molecule has 2 heterocycles. The molecule has 1 fully saturated rings. The van der Waals surface area contributed by atoms with Crippen LogP contribution in [0.25, 0.3) is 0 Å². The number of rotatable bonds is 1. The molecule has 13 heavy (non-hydrogen) atoms. The number of anilines is 1. The van der Waals surface area contributed by atoms with Gasteiger partial charge in [-0.25, -0.2) is 0 Å². The third-order valence-electron chi connectivity index (χ3n) is 2.09. The molecule has 0 spiro atoms. The molecule has 70 valence electrons. The van der Waals surface area contributed by atoms with Crippen molar-refractivity contribution in [1.82, 2.24) is 10.2 Å². The standard InChI is InChI=1S/C8H11N3O2/c1-8(12-2-3-13-8)6-4-10-11-5-7(6)9/h4-5H,2-3H2,1H3,(H2,9,10). The smallest absolute Gasteiger partial charge is 0.195 e. The van der Waals surface area contributed by atoms with Gasteiger partial charge in [-0.3, -0.25) is 0 Å². The number of nitrogens with zero attached hydrogens (tertiary/aromatic N) is 2. The molecule has 1 aromatic heterocycles. The van der Waals surface area contributed by atoms with Gasteiger partial charge in [0.2, 0.25) is 0 Å². The van der Waals surface area contributed by atoms with E-state index in [1.54, 1.807) is 6.20 Å². The Bertz CT molecular complexity index is 310. The van der Waals surface area contributed by atoms with Crippen molar-refractivity contribution in [2.75, 3.05) is 18.9 Å². The summed E-state index contributed by atoms with van der Waals surface area (Å²) >= 11 is 0. The van der Waals surface area contributed by atoms with E-state index in [1.807, 2.05) is 6.92 Å².